The van der Waals surface area contributed by atoms with Gasteiger partial charge in [-0.15, -0.1) is 0 Å². The number of amides is 1. The van der Waals surface area contributed by atoms with E-state index in [2.05, 4.69) is 20.8 Å². The van der Waals surface area contributed by atoms with Crippen molar-refractivity contribution >= 4 is 5.91 Å². The number of likely N-dealkylation sites (tertiary alicyclic amines) is 1. The maximum Gasteiger partial charge on any atom is 0.222 e. The maximum atomic E-state index is 12.1. The second kappa shape index (κ2) is 5.67. The van der Waals surface area contributed by atoms with Crippen LogP contribution in [-0.4, -0.2) is 30.4 Å². The summed E-state index contributed by atoms with van der Waals surface area (Å²) in [6.07, 6.45) is 3.99. The fraction of sp³-hybridized carbons (Fsp3) is 0.923. The van der Waals surface area contributed by atoms with E-state index in [9.17, 15) is 4.79 Å². The Kier molecular flexibility index (Phi) is 4.78. The Balaban J connectivity index is 2.47. The van der Waals surface area contributed by atoms with Crippen LogP contribution in [0.4, 0.5) is 0 Å². The van der Waals surface area contributed by atoms with Gasteiger partial charge < -0.3 is 10.6 Å². The third-order valence-electron chi connectivity index (χ3n) is 3.63. The van der Waals surface area contributed by atoms with Gasteiger partial charge in [-0.25, -0.2) is 0 Å². The fourth-order valence-corrected chi connectivity index (χ4v) is 2.41. The minimum atomic E-state index is 0.290. The maximum absolute atomic E-state index is 12.1. The third-order valence-corrected chi connectivity index (χ3v) is 3.63. The Morgan fingerprint density at radius 1 is 1.50 bits per heavy atom. The zero-order valence-corrected chi connectivity index (χ0v) is 11.0. The molecule has 0 saturated carbocycles. The second-order valence-electron chi connectivity index (χ2n) is 5.80. The molecule has 1 heterocycles. The van der Waals surface area contributed by atoms with Gasteiger partial charge in [0.2, 0.25) is 5.91 Å². The van der Waals surface area contributed by atoms with Gasteiger partial charge in [-0.3, -0.25) is 4.79 Å². The van der Waals surface area contributed by atoms with Crippen molar-refractivity contribution in [2.24, 2.45) is 17.1 Å². The van der Waals surface area contributed by atoms with Crippen molar-refractivity contribution in [3.05, 3.63) is 0 Å². The number of hydrogen-bond donors (Lipinski definition) is 1. The highest BCUT2D eigenvalue weighted by Crippen LogP contribution is 2.29. The highest BCUT2D eigenvalue weighted by atomic mass is 16.2. The molecule has 94 valence electrons. The van der Waals surface area contributed by atoms with Crippen molar-refractivity contribution < 1.29 is 4.79 Å². The molecule has 1 rings (SSSR count). The highest BCUT2D eigenvalue weighted by Gasteiger charge is 2.29. The molecule has 1 aliphatic rings. The normalized spacial score (nSPS) is 21.9. The van der Waals surface area contributed by atoms with Gasteiger partial charge in [-0.2, -0.15) is 0 Å². The van der Waals surface area contributed by atoms with Crippen LogP contribution >= 0.6 is 0 Å². The van der Waals surface area contributed by atoms with Crippen LogP contribution in [0.2, 0.25) is 0 Å². The molecule has 0 bridgehead atoms. The molecule has 1 unspecified atom stereocenters. The third kappa shape index (κ3) is 3.78. The summed E-state index contributed by atoms with van der Waals surface area (Å²) in [4.78, 5) is 14.1. The van der Waals surface area contributed by atoms with Gasteiger partial charge in [-0.1, -0.05) is 27.2 Å². The summed E-state index contributed by atoms with van der Waals surface area (Å²) in [7, 11) is 0. The van der Waals surface area contributed by atoms with Crippen molar-refractivity contribution in [1.82, 2.24) is 4.90 Å². The quantitative estimate of drug-likeness (QED) is 0.797. The molecular formula is C13H26N2O. The van der Waals surface area contributed by atoms with E-state index in [0.29, 0.717) is 30.2 Å². The number of piperidine rings is 1. The first-order valence-corrected chi connectivity index (χ1v) is 6.46. The lowest BCUT2D eigenvalue weighted by molar-refractivity contribution is -0.135. The highest BCUT2D eigenvalue weighted by molar-refractivity contribution is 5.76. The van der Waals surface area contributed by atoms with E-state index in [-0.39, 0.29) is 0 Å². The van der Waals surface area contributed by atoms with Crippen LogP contribution in [0.1, 0.15) is 46.5 Å². The summed E-state index contributed by atoms with van der Waals surface area (Å²) in [6.45, 7) is 9.06. The number of nitrogens with zero attached hydrogens (tertiary/aromatic N) is 1. The lowest BCUT2D eigenvalue weighted by Gasteiger charge is -2.38. The van der Waals surface area contributed by atoms with Crippen molar-refractivity contribution in [2.75, 3.05) is 19.6 Å². The molecule has 1 fully saturated rings. The van der Waals surface area contributed by atoms with Crippen LogP contribution in [0.5, 0.6) is 0 Å². The summed E-state index contributed by atoms with van der Waals surface area (Å²) in [6, 6.07) is 0. The minimum Gasteiger partial charge on any atom is -0.342 e. The molecule has 1 atom stereocenters. The predicted octanol–water partition coefficient (Wildman–Crippen LogP) is 2.01. The van der Waals surface area contributed by atoms with Gasteiger partial charge in [0, 0.05) is 19.5 Å². The number of carbonyl (C=O) groups excluding carboxylic acids is 1. The predicted molar refractivity (Wildman–Crippen MR) is 67.0 cm³/mol. The summed E-state index contributed by atoms with van der Waals surface area (Å²) in [5.74, 6) is 0.655. The Morgan fingerprint density at radius 3 is 2.69 bits per heavy atom. The zero-order valence-electron chi connectivity index (χ0n) is 11.0. The molecule has 0 spiro atoms. The van der Waals surface area contributed by atoms with E-state index >= 15 is 0 Å². The SMILES string of the molecule is CCC(CN)CC(=O)N1CCCC(C)(C)C1. The van der Waals surface area contributed by atoms with E-state index in [1.807, 2.05) is 4.90 Å². The van der Waals surface area contributed by atoms with E-state index in [0.717, 1.165) is 25.9 Å². The van der Waals surface area contributed by atoms with Crippen LogP contribution in [0, 0.1) is 11.3 Å². The summed E-state index contributed by atoms with van der Waals surface area (Å²) in [5, 5.41) is 0. The molecule has 3 heteroatoms. The van der Waals surface area contributed by atoms with Crippen molar-refractivity contribution in [3.8, 4) is 0 Å². The first kappa shape index (κ1) is 13.5. The van der Waals surface area contributed by atoms with E-state index < -0.39 is 0 Å². The van der Waals surface area contributed by atoms with Crippen LogP contribution in [-0.2, 0) is 4.79 Å². The Hall–Kier alpha value is -0.570. The molecular weight excluding hydrogens is 200 g/mol. The van der Waals surface area contributed by atoms with Gasteiger partial charge in [0.25, 0.3) is 0 Å². The van der Waals surface area contributed by atoms with Gasteiger partial charge >= 0.3 is 0 Å². The minimum absolute atomic E-state index is 0.290. The monoisotopic (exact) mass is 226 g/mol. The Bertz CT molecular complexity index is 234. The van der Waals surface area contributed by atoms with E-state index in [4.69, 9.17) is 5.73 Å². The van der Waals surface area contributed by atoms with Crippen LogP contribution in [0.3, 0.4) is 0 Å². The fourth-order valence-electron chi connectivity index (χ4n) is 2.41. The molecule has 3 nitrogen and oxygen atoms in total. The average molecular weight is 226 g/mol. The second-order valence-corrected chi connectivity index (χ2v) is 5.80. The van der Waals surface area contributed by atoms with E-state index in [1.54, 1.807) is 0 Å². The van der Waals surface area contributed by atoms with Gasteiger partial charge in [0.15, 0.2) is 0 Å². The van der Waals surface area contributed by atoms with Crippen molar-refractivity contribution in [1.29, 1.82) is 0 Å². The molecule has 0 aromatic rings. The molecule has 2 N–H and O–H groups in total. The molecule has 16 heavy (non-hydrogen) atoms. The summed E-state index contributed by atoms with van der Waals surface area (Å²) in [5.41, 5.74) is 5.93. The molecule has 0 radical (unpaired) electrons. The lowest BCUT2D eigenvalue weighted by Crippen LogP contribution is -2.44. The van der Waals surface area contributed by atoms with E-state index in [1.165, 1.54) is 6.42 Å². The molecule has 1 aliphatic heterocycles. The average Bonchev–Trinajstić information content (AvgIpc) is 2.24. The first-order chi connectivity index (χ1) is 7.48. The van der Waals surface area contributed by atoms with Crippen molar-refractivity contribution in [2.45, 2.75) is 46.5 Å². The summed E-state index contributed by atoms with van der Waals surface area (Å²) >= 11 is 0. The molecule has 1 amide bonds. The molecule has 1 saturated heterocycles. The standard InChI is InChI=1S/C13H26N2O/c1-4-11(9-14)8-12(16)15-7-5-6-13(2,3)10-15/h11H,4-10,14H2,1-3H3. The van der Waals surface area contributed by atoms with Crippen LogP contribution in [0.15, 0.2) is 0 Å². The van der Waals surface area contributed by atoms with Crippen LogP contribution < -0.4 is 5.73 Å². The number of rotatable bonds is 4. The van der Waals surface area contributed by atoms with Gasteiger partial charge in [-0.05, 0) is 30.7 Å². The topological polar surface area (TPSA) is 46.3 Å². The molecule has 0 aliphatic carbocycles. The van der Waals surface area contributed by atoms with Gasteiger partial charge in [0.05, 0.1) is 0 Å². The number of hydrogen-bond acceptors (Lipinski definition) is 2. The number of nitrogens with two attached hydrogens (primary N) is 1. The smallest absolute Gasteiger partial charge is 0.222 e. The first-order valence-electron chi connectivity index (χ1n) is 6.46. The number of carbonyl (C=O) groups is 1. The largest absolute Gasteiger partial charge is 0.342 e. The Labute approximate surface area is 99.4 Å². The summed E-state index contributed by atoms with van der Waals surface area (Å²) < 4.78 is 0. The van der Waals surface area contributed by atoms with Crippen molar-refractivity contribution in [3.63, 3.8) is 0 Å². The lowest BCUT2D eigenvalue weighted by atomic mass is 9.84. The zero-order chi connectivity index (χ0) is 12.2. The molecule has 0 aromatic heterocycles. The Morgan fingerprint density at radius 2 is 2.19 bits per heavy atom. The molecule has 0 aromatic carbocycles. The van der Waals surface area contributed by atoms with Crippen LogP contribution in [0.25, 0.3) is 0 Å². The van der Waals surface area contributed by atoms with Gasteiger partial charge in [0.1, 0.15) is 0 Å².